The summed E-state index contributed by atoms with van der Waals surface area (Å²) in [6, 6.07) is 8.20. The van der Waals surface area contributed by atoms with Crippen LogP contribution in [0.5, 0.6) is 0 Å². The molecule has 0 saturated heterocycles. The lowest BCUT2D eigenvalue weighted by Crippen LogP contribution is -2.16. The van der Waals surface area contributed by atoms with Gasteiger partial charge in [0, 0.05) is 17.6 Å². The Bertz CT molecular complexity index is 313. The number of rotatable bonds is 9. The van der Waals surface area contributed by atoms with E-state index < -0.39 is 0 Å². The second-order valence-electron chi connectivity index (χ2n) is 4.56. The molecule has 0 spiro atoms. The molecule has 0 aliphatic rings. The summed E-state index contributed by atoms with van der Waals surface area (Å²) >= 11 is 3.43. The molecule has 0 aliphatic carbocycles. The van der Waals surface area contributed by atoms with Crippen molar-refractivity contribution in [3.8, 4) is 0 Å². The van der Waals surface area contributed by atoms with E-state index >= 15 is 0 Å². The number of hydrogen-bond donors (Lipinski definition) is 1. The highest BCUT2D eigenvalue weighted by Gasteiger charge is 2.09. The van der Waals surface area contributed by atoms with Gasteiger partial charge in [-0.2, -0.15) is 0 Å². The largest absolute Gasteiger partial charge is 0.372 e. The van der Waals surface area contributed by atoms with Crippen molar-refractivity contribution in [3.63, 3.8) is 0 Å². The Morgan fingerprint density at radius 2 is 1.78 bits per heavy atom. The van der Waals surface area contributed by atoms with Gasteiger partial charge in [0.15, 0.2) is 0 Å². The molecule has 2 nitrogen and oxygen atoms in total. The molecule has 102 valence electrons. The van der Waals surface area contributed by atoms with E-state index in [0.29, 0.717) is 6.54 Å². The van der Waals surface area contributed by atoms with E-state index in [1.807, 2.05) is 12.1 Å². The highest BCUT2D eigenvalue weighted by Crippen LogP contribution is 2.19. The van der Waals surface area contributed by atoms with E-state index in [4.69, 9.17) is 10.5 Å². The predicted molar refractivity (Wildman–Crippen MR) is 80.6 cm³/mol. The third-order valence-corrected chi connectivity index (χ3v) is 3.55. The second-order valence-corrected chi connectivity index (χ2v) is 5.48. The average molecular weight is 314 g/mol. The van der Waals surface area contributed by atoms with Crippen molar-refractivity contribution in [1.82, 2.24) is 0 Å². The lowest BCUT2D eigenvalue weighted by atomic mass is 10.1. The molecule has 0 saturated carbocycles. The monoisotopic (exact) mass is 313 g/mol. The van der Waals surface area contributed by atoms with Crippen molar-refractivity contribution < 1.29 is 4.74 Å². The van der Waals surface area contributed by atoms with Crippen molar-refractivity contribution in [3.05, 3.63) is 34.3 Å². The number of ether oxygens (including phenoxy) is 1. The summed E-state index contributed by atoms with van der Waals surface area (Å²) < 4.78 is 6.94. The van der Waals surface area contributed by atoms with Gasteiger partial charge in [-0.1, -0.05) is 60.7 Å². The molecule has 0 aliphatic heterocycles. The van der Waals surface area contributed by atoms with E-state index in [0.717, 1.165) is 23.1 Å². The van der Waals surface area contributed by atoms with Crippen molar-refractivity contribution in [2.45, 2.75) is 45.1 Å². The molecular weight excluding hydrogens is 290 g/mol. The molecule has 1 aromatic carbocycles. The Kier molecular flexibility index (Phi) is 8.31. The summed E-state index contributed by atoms with van der Waals surface area (Å²) in [7, 11) is 0. The summed E-state index contributed by atoms with van der Waals surface area (Å²) in [4.78, 5) is 0. The number of benzene rings is 1. The number of nitrogens with two attached hydrogens (primary N) is 1. The Morgan fingerprint density at radius 1 is 1.11 bits per heavy atom. The molecule has 1 aromatic rings. The fourth-order valence-corrected chi connectivity index (χ4v) is 2.17. The topological polar surface area (TPSA) is 35.2 Å². The van der Waals surface area contributed by atoms with Crippen LogP contribution in [0, 0.1) is 0 Å². The van der Waals surface area contributed by atoms with Gasteiger partial charge in [-0.15, -0.1) is 0 Å². The van der Waals surface area contributed by atoms with Crippen LogP contribution in [-0.4, -0.2) is 13.2 Å². The normalized spacial score (nSPS) is 12.6. The molecule has 2 N–H and O–H groups in total. The number of unbranched alkanes of at least 4 members (excludes halogenated alkanes) is 4. The first-order valence-corrected chi connectivity index (χ1v) is 7.64. The molecule has 0 bridgehead atoms. The summed E-state index contributed by atoms with van der Waals surface area (Å²) in [6.45, 7) is 3.58. The highest BCUT2D eigenvalue weighted by molar-refractivity contribution is 9.10. The quantitative estimate of drug-likeness (QED) is 0.684. The predicted octanol–water partition coefficient (Wildman–Crippen LogP) is 4.44. The number of halogens is 1. The van der Waals surface area contributed by atoms with Gasteiger partial charge >= 0.3 is 0 Å². The van der Waals surface area contributed by atoms with Crippen molar-refractivity contribution in [2.75, 3.05) is 13.2 Å². The van der Waals surface area contributed by atoms with Crippen LogP contribution in [0.25, 0.3) is 0 Å². The van der Waals surface area contributed by atoms with Gasteiger partial charge in [-0.05, 0) is 24.1 Å². The zero-order valence-electron chi connectivity index (χ0n) is 11.2. The van der Waals surface area contributed by atoms with Crippen molar-refractivity contribution >= 4 is 15.9 Å². The third-order valence-electron chi connectivity index (χ3n) is 3.02. The molecule has 1 unspecified atom stereocenters. The molecule has 0 aromatic heterocycles. The summed E-state index contributed by atoms with van der Waals surface area (Å²) in [5, 5.41) is 0. The van der Waals surface area contributed by atoms with Gasteiger partial charge < -0.3 is 10.5 Å². The minimum Gasteiger partial charge on any atom is -0.372 e. The second kappa shape index (κ2) is 9.54. The Hall–Kier alpha value is -0.380. The zero-order chi connectivity index (χ0) is 13.2. The first-order chi connectivity index (χ1) is 8.77. The van der Waals surface area contributed by atoms with Crippen LogP contribution >= 0.6 is 15.9 Å². The van der Waals surface area contributed by atoms with Gasteiger partial charge in [0.2, 0.25) is 0 Å². The van der Waals surface area contributed by atoms with Crippen LogP contribution in [-0.2, 0) is 4.74 Å². The lowest BCUT2D eigenvalue weighted by molar-refractivity contribution is 0.0557. The van der Waals surface area contributed by atoms with Gasteiger partial charge in [0.25, 0.3) is 0 Å². The maximum atomic E-state index is 5.86. The number of hydrogen-bond acceptors (Lipinski definition) is 2. The maximum Gasteiger partial charge on any atom is 0.0947 e. The SMILES string of the molecule is CCCCCCCOC(CN)c1ccc(Br)cc1. The van der Waals surface area contributed by atoms with Crippen LogP contribution in [0.4, 0.5) is 0 Å². The fraction of sp³-hybridized carbons (Fsp3) is 0.600. The van der Waals surface area contributed by atoms with Crippen LogP contribution < -0.4 is 5.73 Å². The van der Waals surface area contributed by atoms with Crippen molar-refractivity contribution in [1.29, 1.82) is 0 Å². The van der Waals surface area contributed by atoms with Gasteiger partial charge in [0.1, 0.15) is 0 Å². The average Bonchev–Trinajstić information content (AvgIpc) is 2.39. The van der Waals surface area contributed by atoms with E-state index in [1.54, 1.807) is 0 Å². The minimum absolute atomic E-state index is 0.0317. The summed E-state index contributed by atoms with van der Waals surface area (Å²) in [5.74, 6) is 0. The molecule has 18 heavy (non-hydrogen) atoms. The lowest BCUT2D eigenvalue weighted by Gasteiger charge is -2.16. The molecule has 3 heteroatoms. The van der Waals surface area contributed by atoms with Crippen molar-refractivity contribution in [2.24, 2.45) is 5.73 Å². The standard InChI is InChI=1S/C15H24BrNO/c1-2-3-4-5-6-11-18-15(12-17)13-7-9-14(16)10-8-13/h7-10,15H,2-6,11-12,17H2,1H3. The highest BCUT2D eigenvalue weighted by atomic mass is 79.9. The maximum absolute atomic E-state index is 5.86. The molecule has 0 heterocycles. The molecule has 0 fully saturated rings. The summed E-state index contributed by atoms with van der Waals surface area (Å²) in [6.07, 6.45) is 6.34. The molecule has 1 atom stereocenters. The van der Waals surface area contributed by atoms with Crippen LogP contribution in [0.3, 0.4) is 0 Å². The van der Waals surface area contributed by atoms with Gasteiger partial charge in [-0.25, -0.2) is 0 Å². The molecule has 0 radical (unpaired) electrons. The first kappa shape index (κ1) is 15.7. The van der Waals surface area contributed by atoms with Gasteiger partial charge in [-0.3, -0.25) is 0 Å². The third kappa shape index (κ3) is 5.98. The van der Waals surface area contributed by atoms with Gasteiger partial charge in [0.05, 0.1) is 6.10 Å². The zero-order valence-corrected chi connectivity index (χ0v) is 12.8. The van der Waals surface area contributed by atoms with Crippen LogP contribution in [0.1, 0.15) is 50.7 Å². The smallest absolute Gasteiger partial charge is 0.0947 e. The van der Waals surface area contributed by atoms with Crippen LogP contribution in [0.15, 0.2) is 28.7 Å². The Labute approximate surface area is 119 Å². The van der Waals surface area contributed by atoms with Crippen LogP contribution in [0.2, 0.25) is 0 Å². The molecule has 1 rings (SSSR count). The van der Waals surface area contributed by atoms with E-state index in [1.165, 1.54) is 25.7 Å². The molecular formula is C15H24BrNO. The minimum atomic E-state index is 0.0317. The Balaban J connectivity index is 2.27. The summed E-state index contributed by atoms with van der Waals surface area (Å²) in [5.41, 5.74) is 6.93. The van der Waals surface area contributed by atoms with E-state index in [2.05, 4.69) is 35.0 Å². The Morgan fingerprint density at radius 3 is 2.39 bits per heavy atom. The molecule has 0 amide bonds. The van der Waals surface area contributed by atoms with E-state index in [-0.39, 0.29) is 6.10 Å². The van der Waals surface area contributed by atoms with E-state index in [9.17, 15) is 0 Å². The fourth-order valence-electron chi connectivity index (χ4n) is 1.91. The first-order valence-electron chi connectivity index (χ1n) is 6.85.